The van der Waals surface area contributed by atoms with E-state index in [0.717, 1.165) is 12.0 Å². The van der Waals surface area contributed by atoms with Crippen LogP contribution in [0.15, 0.2) is 36.3 Å². The van der Waals surface area contributed by atoms with E-state index in [1.807, 2.05) is 24.4 Å². The van der Waals surface area contributed by atoms with E-state index in [0.29, 0.717) is 0 Å². The molecule has 0 atom stereocenters. The van der Waals surface area contributed by atoms with Crippen LogP contribution in [0.1, 0.15) is 38.2 Å². The predicted octanol–water partition coefficient (Wildman–Crippen LogP) is 3.83. The van der Waals surface area contributed by atoms with Gasteiger partial charge in [-0.2, -0.15) is 0 Å². The Balaban J connectivity index is 2.33. The minimum Gasteiger partial charge on any atom is -0.264 e. The third-order valence-corrected chi connectivity index (χ3v) is 2.00. The highest BCUT2D eigenvalue weighted by Crippen LogP contribution is 2.00. The molecule has 0 radical (unpaired) electrons. The zero-order chi connectivity index (χ0) is 10.1. The van der Waals surface area contributed by atoms with Gasteiger partial charge in [0.25, 0.3) is 0 Å². The van der Waals surface area contributed by atoms with Gasteiger partial charge in [0, 0.05) is 18.0 Å². The largest absolute Gasteiger partial charge is 0.264 e. The molecule has 1 nitrogen and oxygen atoms in total. The Morgan fingerprint density at radius 2 is 2.36 bits per heavy atom. The number of hydrogen-bond acceptors (Lipinski definition) is 1. The van der Waals surface area contributed by atoms with Crippen molar-refractivity contribution in [3.8, 4) is 0 Å². The van der Waals surface area contributed by atoms with Gasteiger partial charge in [-0.1, -0.05) is 25.8 Å². The number of allylic oxidation sites excluding steroid dienone is 1. The Labute approximate surface area is 86.2 Å². The minimum atomic E-state index is 1.11. The van der Waals surface area contributed by atoms with Gasteiger partial charge in [0.2, 0.25) is 0 Å². The summed E-state index contributed by atoms with van der Waals surface area (Å²) >= 11 is 0. The van der Waals surface area contributed by atoms with Crippen molar-refractivity contribution in [1.29, 1.82) is 0 Å². The van der Waals surface area contributed by atoms with Crippen molar-refractivity contribution in [3.05, 3.63) is 41.9 Å². The maximum atomic E-state index is 4.03. The van der Waals surface area contributed by atoms with E-state index in [4.69, 9.17) is 0 Å². The van der Waals surface area contributed by atoms with Crippen molar-refractivity contribution >= 4 is 6.08 Å². The molecule has 1 heteroatoms. The smallest absolute Gasteiger partial charge is 0.0346 e. The summed E-state index contributed by atoms with van der Waals surface area (Å²) in [4.78, 5) is 4.03. The van der Waals surface area contributed by atoms with Crippen LogP contribution < -0.4 is 0 Å². The van der Waals surface area contributed by atoms with E-state index in [-0.39, 0.29) is 0 Å². The summed E-state index contributed by atoms with van der Waals surface area (Å²) in [6, 6.07) is 3.96. The first-order valence-corrected chi connectivity index (χ1v) is 5.24. The molecule has 0 saturated heterocycles. The molecule has 1 heterocycles. The molecule has 0 saturated carbocycles. The van der Waals surface area contributed by atoms with Crippen LogP contribution in [0.5, 0.6) is 0 Å². The summed E-state index contributed by atoms with van der Waals surface area (Å²) in [7, 11) is 0. The van der Waals surface area contributed by atoms with E-state index >= 15 is 0 Å². The second-order valence-corrected chi connectivity index (χ2v) is 3.30. The average molecular weight is 187 g/mol. The molecule has 0 aliphatic heterocycles. The Bertz CT molecular complexity index is 294. The van der Waals surface area contributed by atoms with Crippen LogP contribution >= 0.6 is 0 Å². The first-order chi connectivity index (χ1) is 6.93. The fourth-order valence-electron chi connectivity index (χ4n) is 1.20. The first kappa shape index (κ1) is 10.7. The summed E-state index contributed by atoms with van der Waals surface area (Å²) in [5.41, 5.74) is 4.28. The number of hydrogen-bond donors (Lipinski definition) is 0. The predicted molar refractivity (Wildman–Crippen MR) is 60.9 cm³/mol. The lowest BCUT2D eigenvalue weighted by molar-refractivity contribution is 0.729. The zero-order valence-corrected chi connectivity index (χ0v) is 8.74. The molecule has 0 amide bonds. The second-order valence-electron chi connectivity index (χ2n) is 3.30. The van der Waals surface area contributed by atoms with Crippen molar-refractivity contribution < 1.29 is 0 Å². The molecule has 1 rings (SSSR count). The SMILES string of the molecule is CCCCCC=C=Cc1cccnc1. The minimum absolute atomic E-state index is 1.11. The summed E-state index contributed by atoms with van der Waals surface area (Å²) in [5, 5.41) is 0. The molecule has 0 unspecified atom stereocenters. The molecule has 0 spiro atoms. The van der Waals surface area contributed by atoms with Crippen LogP contribution in [0.2, 0.25) is 0 Å². The quantitative estimate of drug-likeness (QED) is 0.504. The second kappa shape index (κ2) is 7.11. The highest BCUT2D eigenvalue weighted by atomic mass is 14.6. The topological polar surface area (TPSA) is 12.9 Å². The molecule has 0 aliphatic rings. The maximum absolute atomic E-state index is 4.03. The summed E-state index contributed by atoms with van der Waals surface area (Å²) in [6.07, 6.45) is 12.7. The van der Waals surface area contributed by atoms with Crippen molar-refractivity contribution in [3.63, 3.8) is 0 Å². The summed E-state index contributed by atoms with van der Waals surface area (Å²) in [6.45, 7) is 2.22. The Hall–Kier alpha value is -1.33. The molecule has 0 bridgehead atoms. The van der Waals surface area contributed by atoms with Gasteiger partial charge in [0.15, 0.2) is 0 Å². The third-order valence-electron chi connectivity index (χ3n) is 2.00. The van der Waals surface area contributed by atoms with Gasteiger partial charge in [0.1, 0.15) is 0 Å². The number of rotatable bonds is 5. The fraction of sp³-hybridized carbons (Fsp3) is 0.385. The van der Waals surface area contributed by atoms with Crippen molar-refractivity contribution in [2.24, 2.45) is 0 Å². The van der Waals surface area contributed by atoms with E-state index in [1.165, 1.54) is 19.3 Å². The number of aromatic nitrogens is 1. The van der Waals surface area contributed by atoms with Gasteiger partial charge >= 0.3 is 0 Å². The van der Waals surface area contributed by atoms with Gasteiger partial charge in [-0.15, -0.1) is 5.73 Å². The Kier molecular flexibility index (Phi) is 5.46. The molecule has 0 N–H and O–H groups in total. The maximum Gasteiger partial charge on any atom is 0.0346 e. The normalized spacial score (nSPS) is 9.21. The fourth-order valence-corrected chi connectivity index (χ4v) is 1.20. The Morgan fingerprint density at radius 3 is 3.07 bits per heavy atom. The molecule has 1 aromatic rings. The number of pyridine rings is 1. The summed E-state index contributed by atoms with van der Waals surface area (Å²) in [5.74, 6) is 0. The monoisotopic (exact) mass is 187 g/mol. The Morgan fingerprint density at radius 1 is 1.43 bits per heavy atom. The van der Waals surface area contributed by atoms with E-state index in [2.05, 4.69) is 23.7 Å². The number of nitrogens with zero attached hydrogens (tertiary/aromatic N) is 1. The van der Waals surface area contributed by atoms with Crippen LogP contribution in [0.3, 0.4) is 0 Å². The molecule has 0 aliphatic carbocycles. The van der Waals surface area contributed by atoms with Gasteiger partial charge in [-0.05, 0) is 31.1 Å². The molecular weight excluding hydrogens is 170 g/mol. The van der Waals surface area contributed by atoms with E-state index in [1.54, 1.807) is 6.20 Å². The van der Waals surface area contributed by atoms with Crippen molar-refractivity contribution in [2.45, 2.75) is 32.6 Å². The lowest BCUT2D eigenvalue weighted by atomic mass is 10.2. The highest BCUT2D eigenvalue weighted by Gasteiger charge is 1.82. The van der Waals surface area contributed by atoms with Gasteiger partial charge in [-0.25, -0.2) is 0 Å². The van der Waals surface area contributed by atoms with Crippen LogP contribution in [0.25, 0.3) is 6.08 Å². The molecule has 0 aromatic carbocycles. The molecular formula is C13H17N. The van der Waals surface area contributed by atoms with Gasteiger partial charge in [0.05, 0.1) is 0 Å². The number of unbranched alkanes of at least 4 members (excludes halogenated alkanes) is 3. The lowest BCUT2D eigenvalue weighted by Crippen LogP contribution is -1.72. The van der Waals surface area contributed by atoms with Crippen LogP contribution in [-0.2, 0) is 0 Å². The van der Waals surface area contributed by atoms with Crippen molar-refractivity contribution in [2.75, 3.05) is 0 Å². The highest BCUT2D eigenvalue weighted by molar-refractivity contribution is 5.46. The average Bonchev–Trinajstić information content (AvgIpc) is 2.25. The lowest BCUT2D eigenvalue weighted by Gasteiger charge is -1.89. The first-order valence-electron chi connectivity index (χ1n) is 5.24. The van der Waals surface area contributed by atoms with Crippen LogP contribution in [0, 0.1) is 0 Å². The summed E-state index contributed by atoms with van der Waals surface area (Å²) < 4.78 is 0. The molecule has 14 heavy (non-hydrogen) atoms. The van der Waals surface area contributed by atoms with Crippen molar-refractivity contribution in [1.82, 2.24) is 4.98 Å². The standard InChI is InChI=1S/C13H17N/c1-2-3-4-5-6-7-9-13-10-8-11-14-12-13/h6,8-12H,2-5H2,1H3. The zero-order valence-electron chi connectivity index (χ0n) is 8.74. The molecule has 74 valence electrons. The van der Waals surface area contributed by atoms with E-state index < -0.39 is 0 Å². The van der Waals surface area contributed by atoms with Gasteiger partial charge in [-0.3, -0.25) is 4.98 Å². The molecule has 0 fully saturated rings. The van der Waals surface area contributed by atoms with Gasteiger partial charge < -0.3 is 0 Å². The van der Waals surface area contributed by atoms with Crippen LogP contribution in [-0.4, -0.2) is 4.98 Å². The van der Waals surface area contributed by atoms with Crippen LogP contribution in [0.4, 0.5) is 0 Å². The van der Waals surface area contributed by atoms with E-state index in [9.17, 15) is 0 Å². The third kappa shape index (κ3) is 4.64. The molecule has 1 aromatic heterocycles.